The van der Waals surface area contributed by atoms with Gasteiger partial charge in [0.15, 0.2) is 0 Å². The van der Waals surface area contributed by atoms with E-state index in [1.165, 1.54) is 12.8 Å². The van der Waals surface area contributed by atoms with Crippen molar-refractivity contribution in [2.45, 2.75) is 57.6 Å². The maximum absolute atomic E-state index is 13.2. The Morgan fingerprint density at radius 3 is 2.84 bits per heavy atom. The Bertz CT molecular complexity index is 832. The summed E-state index contributed by atoms with van der Waals surface area (Å²) >= 11 is 3.53. The van der Waals surface area contributed by atoms with E-state index in [0.29, 0.717) is 12.5 Å². The highest BCUT2D eigenvalue weighted by atomic mass is 79.9. The topological polar surface area (TPSA) is 51.2 Å². The van der Waals surface area contributed by atoms with Gasteiger partial charge in [-0.2, -0.15) is 0 Å². The summed E-state index contributed by atoms with van der Waals surface area (Å²) < 4.78 is 6.56. The number of nitrogens with zero attached hydrogens (tertiary/aromatic N) is 1. The molecule has 25 heavy (non-hydrogen) atoms. The van der Waals surface area contributed by atoms with Crippen molar-refractivity contribution in [1.29, 1.82) is 0 Å². The van der Waals surface area contributed by atoms with Crippen LogP contribution in [0.25, 0.3) is 10.9 Å². The molecule has 1 amide bonds. The molecule has 2 fully saturated rings. The predicted molar refractivity (Wildman–Crippen MR) is 102 cm³/mol. The molecule has 0 radical (unpaired) electrons. The average Bonchev–Trinajstić information content (AvgIpc) is 3.39. The number of benzene rings is 1. The van der Waals surface area contributed by atoms with Gasteiger partial charge in [-0.1, -0.05) is 15.9 Å². The van der Waals surface area contributed by atoms with Crippen molar-refractivity contribution < 1.29 is 9.53 Å². The summed E-state index contributed by atoms with van der Waals surface area (Å²) in [4.78, 5) is 18.0. The molecule has 132 valence electrons. The lowest BCUT2D eigenvalue weighted by Crippen LogP contribution is -2.41. The van der Waals surface area contributed by atoms with Crippen molar-refractivity contribution in [1.82, 2.24) is 10.3 Å². The van der Waals surface area contributed by atoms with Crippen LogP contribution in [0.4, 0.5) is 0 Å². The number of halogens is 1. The van der Waals surface area contributed by atoms with Crippen LogP contribution < -0.4 is 5.32 Å². The molecule has 4 rings (SSSR count). The number of rotatable bonds is 3. The maximum atomic E-state index is 13.2. The predicted octanol–water partition coefficient (Wildman–Crippen LogP) is 4.48. The summed E-state index contributed by atoms with van der Waals surface area (Å²) in [7, 11) is 0. The fourth-order valence-electron chi connectivity index (χ4n) is 3.78. The first kappa shape index (κ1) is 17.0. The third-order valence-electron chi connectivity index (χ3n) is 5.24. The Labute approximate surface area is 156 Å². The summed E-state index contributed by atoms with van der Waals surface area (Å²) in [5.74, 6) is 0.534. The van der Waals surface area contributed by atoms with Gasteiger partial charge in [0.1, 0.15) is 0 Å². The smallest absolute Gasteiger partial charge is 0.252 e. The number of ether oxygens (including phenoxy) is 1. The monoisotopic (exact) mass is 402 g/mol. The van der Waals surface area contributed by atoms with Crippen LogP contribution in [0.1, 0.15) is 60.1 Å². The van der Waals surface area contributed by atoms with Crippen LogP contribution in [0.3, 0.4) is 0 Å². The second-order valence-corrected chi connectivity index (χ2v) is 8.22. The number of fused-ring (bicyclic) bond motifs is 1. The Balaban J connectivity index is 1.74. The zero-order valence-electron chi connectivity index (χ0n) is 14.6. The second kappa shape index (κ2) is 6.69. The van der Waals surface area contributed by atoms with Gasteiger partial charge in [-0.15, -0.1) is 0 Å². The molecule has 4 nitrogen and oxygen atoms in total. The SMILES string of the molecule is Cc1c(C2CC2)nc2ccc(Br)cc2c1C(=O)NC1CCOC(C)C1. The summed E-state index contributed by atoms with van der Waals surface area (Å²) in [6, 6.07) is 6.17. The molecular weight excluding hydrogens is 380 g/mol. The van der Waals surface area contributed by atoms with E-state index in [9.17, 15) is 4.79 Å². The van der Waals surface area contributed by atoms with Crippen molar-refractivity contribution >= 4 is 32.7 Å². The first-order chi connectivity index (χ1) is 12.0. The van der Waals surface area contributed by atoms with Gasteiger partial charge in [0.2, 0.25) is 0 Å². The highest BCUT2D eigenvalue weighted by Gasteiger charge is 2.30. The molecule has 0 bridgehead atoms. The first-order valence-corrected chi connectivity index (χ1v) is 9.84. The highest BCUT2D eigenvalue weighted by molar-refractivity contribution is 9.10. The Hall–Kier alpha value is -1.46. The van der Waals surface area contributed by atoms with Gasteiger partial charge in [-0.05, 0) is 63.3 Å². The van der Waals surface area contributed by atoms with Gasteiger partial charge in [0.25, 0.3) is 5.91 Å². The molecule has 2 aromatic rings. The van der Waals surface area contributed by atoms with Crippen molar-refractivity contribution in [3.63, 3.8) is 0 Å². The summed E-state index contributed by atoms with van der Waals surface area (Å²) in [5.41, 5.74) is 3.82. The number of carbonyl (C=O) groups excluding carboxylic acids is 1. The standard InChI is InChI=1S/C20H23BrN2O2/c1-11-9-15(7-8-25-11)22-20(24)18-12(2)19(13-3-4-13)23-17-6-5-14(21)10-16(17)18/h5-6,10-11,13,15H,3-4,7-9H2,1-2H3,(H,22,24). The van der Waals surface area contributed by atoms with Crippen LogP contribution in [0.2, 0.25) is 0 Å². The van der Waals surface area contributed by atoms with Gasteiger partial charge in [-0.3, -0.25) is 9.78 Å². The van der Waals surface area contributed by atoms with E-state index in [1.807, 2.05) is 25.1 Å². The highest BCUT2D eigenvalue weighted by Crippen LogP contribution is 2.42. The fourth-order valence-corrected chi connectivity index (χ4v) is 4.14. The zero-order valence-corrected chi connectivity index (χ0v) is 16.2. The quantitative estimate of drug-likeness (QED) is 0.822. The molecular formula is C20H23BrN2O2. The van der Waals surface area contributed by atoms with Crippen LogP contribution in [-0.2, 0) is 4.74 Å². The van der Waals surface area contributed by atoms with Gasteiger partial charge in [-0.25, -0.2) is 0 Å². The molecule has 1 aromatic heterocycles. The van der Waals surface area contributed by atoms with Crippen molar-refractivity contribution in [2.24, 2.45) is 0 Å². The van der Waals surface area contributed by atoms with E-state index in [4.69, 9.17) is 9.72 Å². The fraction of sp³-hybridized carbons (Fsp3) is 0.500. The zero-order chi connectivity index (χ0) is 17.6. The number of pyridine rings is 1. The van der Waals surface area contributed by atoms with Crippen LogP contribution in [0, 0.1) is 6.92 Å². The number of amides is 1. The molecule has 1 saturated carbocycles. The van der Waals surface area contributed by atoms with Gasteiger partial charge in [0.05, 0.1) is 17.2 Å². The largest absolute Gasteiger partial charge is 0.378 e. The van der Waals surface area contributed by atoms with E-state index in [2.05, 4.69) is 28.2 Å². The van der Waals surface area contributed by atoms with Gasteiger partial charge in [0, 0.05) is 34.1 Å². The minimum atomic E-state index is 0.0176. The average molecular weight is 403 g/mol. The minimum absolute atomic E-state index is 0.0176. The van der Waals surface area contributed by atoms with Gasteiger partial charge < -0.3 is 10.1 Å². The molecule has 2 heterocycles. The lowest BCUT2D eigenvalue weighted by molar-refractivity contribution is 0.0137. The third-order valence-corrected chi connectivity index (χ3v) is 5.73. The molecule has 1 aliphatic heterocycles. The molecule has 1 saturated heterocycles. The van der Waals surface area contributed by atoms with Crippen molar-refractivity contribution in [2.75, 3.05) is 6.61 Å². The molecule has 2 unspecified atom stereocenters. The first-order valence-electron chi connectivity index (χ1n) is 9.05. The van der Waals surface area contributed by atoms with Crippen LogP contribution in [0.5, 0.6) is 0 Å². The Morgan fingerprint density at radius 2 is 2.12 bits per heavy atom. The van der Waals surface area contributed by atoms with E-state index in [1.54, 1.807) is 0 Å². The number of aromatic nitrogens is 1. The van der Waals surface area contributed by atoms with E-state index >= 15 is 0 Å². The molecule has 2 aliphatic rings. The molecule has 2 atom stereocenters. The van der Waals surface area contributed by atoms with E-state index < -0.39 is 0 Å². The lowest BCUT2D eigenvalue weighted by Gasteiger charge is -2.28. The summed E-state index contributed by atoms with van der Waals surface area (Å²) in [6.45, 7) is 4.82. The molecule has 1 aliphatic carbocycles. The molecule has 0 spiro atoms. The number of hydrogen-bond acceptors (Lipinski definition) is 3. The Morgan fingerprint density at radius 1 is 1.32 bits per heavy atom. The molecule has 1 N–H and O–H groups in total. The van der Waals surface area contributed by atoms with E-state index in [-0.39, 0.29) is 18.1 Å². The van der Waals surface area contributed by atoms with Crippen molar-refractivity contribution in [3.05, 3.63) is 39.5 Å². The normalized spacial score (nSPS) is 23.6. The maximum Gasteiger partial charge on any atom is 0.252 e. The third kappa shape index (κ3) is 3.44. The van der Waals surface area contributed by atoms with Gasteiger partial charge >= 0.3 is 0 Å². The van der Waals surface area contributed by atoms with Crippen LogP contribution in [-0.4, -0.2) is 29.6 Å². The summed E-state index contributed by atoms with van der Waals surface area (Å²) in [5, 5.41) is 4.17. The van der Waals surface area contributed by atoms with E-state index in [0.717, 1.165) is 45.0 Å². The van der Waals surface area contributed by atoms with Crippen molar-refractivity contribution in [3.8, 4) is 0 Å². The minimum Gasteiger partial charge on any atom is -0.378 e. The van der Waals surface area contributed by atoms with Crippen LogP contribution >= 0.6 is 15.9 Å². The second-order valence-electron chi connectivity index (χ2n) is 7.31. The molecule has 1 aromatic carbocycles. The number of hydrogen-bond donors (Lipinski definition) is 1. The summed E-state index contributed by atoms with van der Waals surface area (Å²) in [6.07, 6.45) is 4.29. The lowest BCUT2D eigenvalue weighted by atomic mass is 9.97. The Kier molecular flexibility index (Phi) is 4.54. The number of nitrogens with one attached hydrogen (secondary N) is 1. The number of carbonyl (C=O) groups is 1. The molecule has 5 heteroatoms. The van der Waals surface area contributed by atoms with Crippen LogP contribution in [0.15, 0.2) is 22.7 Å².